The van der Waals surface area contributed by atoms with Crippen molar-refractivity contribution in [3.8, 4) is 11.5 Å². The third-order valence-corrected chi connectivity index (χ3v) is 3.33. The van der Waals surface area contributed by atoms with Crippen molar-refractivity contribution >= 4 is 5.97 Å². The van der Waals surface area contributed by atoms with E-state index in [0.717, 1.165) is 31.7 Å². The van der Waals surface area contributed by atoms with Crippen molar-refractivity contribution < 1.29 is 23.8 Å². The van der Waals surface area contributed by atoms with Crippen LogP contribution in [0, 0.1) is 5.82 Å². The average Bonchev–Trinajstić information content (AvgIpc) is 2.41. The average molecular weight is 268 g/mol. The van der Waals surface area contributed by atoms with E-state index < -0.39 is 17.3 Å². The Morgan fingerprint density at radius 2 is 1.95 bits per heavy atom. The van der Waals surface area contributed by atoms with Crippen molar-refractivity contribution in [2.45, 2.75) is 38.2 Å². The summed E-state index contributed by atoms with van der Waals surface area (Å²) in [5.41, 5.74) is -0.397. The maximum absolute atomic E-state index is 13.5. The minimum Gasteiger partial charge on any atom is -0.493 e. The Labute approximate surface area is 111 Å². The van der Waals surface area contributed by atoms with E-state index in [0.29, 0.717) is 5.75 Å². The Morgan fingerprint density at radius 3 is 2.53 bits per heavy atom. The van der Waals surface area contributed by atoms with Gasteiger partial charge in [-0.05, 0) is 25.7 Å². The first-order chi connectivity index (χ1) is 9.11. The second-order valence-electron chi connectivity index (χ2n) is 4.67. The molecule has 0 saturated heterocycles. The summed E-state index contributed by atoms with van der Waals surface area (Å²) in [6.07, 6.45) is 5.31. The van der Waals surface area contributed by atoms with E-state index >= 15 is 0 Å². The smallest absolute Gasteiger partial charge is 0.338 e. The number of benzene rings is 1. The Morgan fingerprint density at radius 1 is 1.26 bits per heavy atom. The molecule has 0 aliphatic heterocycles. The Bertz CT molecular complexity index is 467. The second kappa shape index (κ2) is 5.91. The Hall–Kier alpha value is -1.78. The molecule has 1 fully saturated rings. The molecule has 0 amide bonds. The monoisotopic (exact) mass is 268 g/mol. The van der Waals surface area contributed by atoms with Crippen LogP contribution in [0.2, 0.25) is 0 Å². The van der Waals surface area contributed by atoms with Crippen LogP contribution in [0.3, 0.4) is 0 Å². The molecule has 104 valence electrons. The van der Waals surface area contributed by atoms with Crippen LogP contribution in [-0.2, 0) is 0 Å². The first-order valence-electron chi connectivity index (χ1n) is 6.39. The molecule has 1 N–H and O–H groups in total. The molecular weight excluding hydrogens is 251 g/mol. The molecule has 1 saturated carbocycles. The van der Waals surface area contributed by atoms with Crippen molar-refractivity contribution in [2.24, 2.45) is 0 Å². The summed E-state index contributed by atoms with van der Waals surface area (Å²) in [5, 5.41) is 8.92. The Balaban J connectivity index is 2.26. The molecule has 0 heterocycles. The molecule has 5 heteroatoms. The topological polar surface area (TPSA) is 55.8 Å². The van der Waals surface area contributed by atoms with Gasteiger partial charge in [-0.1, -0.05) is 6.42 Å². The SMILES string of the molecule is COc1cc(F)c(C(=O)O)cc1OC1CCCCC1. The van der Waals surface area contributed by atoms with E-state index in [1.54, 1.807) is 0 Å². The minimum atomic E-state index is -1.31. The van der Waals surface area contributed by atoms with E-state index in [4.69, 9.17) is 14.6 Å². The summed E-state index contributed by atoms with van der Waals surface area (Å²) >= 11 is 0. The van der Waals surface area contributed by atoms with Crippen LogP contribution in [0.5, 0.6) is 11.5 Å². The summed E-state index contributed by atoms with van der Waals surface area (Å²) in [6, 6.07) is 2.26. The van der Waals surface area contributed by atoms with Crippen molar-refractivity contribution in [1.82, 2.24) is 0 Å². The molecule has 4 nitrogen and oxygen atoms in total. The second-order valence-corrected chi connectivity index (χ2v) is 4.67. The molecule has 0 bridgehead atoms. The fourth-order valence-corrected chi connectivity index (χ4v) is 2.31. The fourth-order valence-electron chi connectivity index (χ4n) is 2.31. The third-order valence-electron chi connectivity index (χ3n) is 3.33. The maximum Gasteiger partial charge on any atom is 0.338 e. The van der Waals surface area contributed by atoms with Gasteiger partial charge in [-0.2, -0.15) is 0 Å². The van der Waals surface area contributed by atoms with Crippen LogP contribution in [-0.4, -0.2) is 24.3 Å². The zero-order valence-electron chi connectivity index (χ0n) is 10.8. The lowest BCUT2D eigenvalue weighted by Crippen LogP contribution is -2.20. The number of methoxy groups -OCH3 is 1. The lowest BCUT2D eigenvalue weighted by atomic mass is 9.98. The number of carboxylic acids is 1. The number of halogens is 1. The zero-order valence-corrected chi connectivity index (χ0v) is 10.8. The van der Waals surface area contributed by atoms with Gasteiger partial charge in [-0.25, -0.2) is 9.18 Å². The Kier molecular flexibility index (Phi) is 4.24. The summed E-state index contributed by atoms with van der Waals surface area (Å²) in [7, 11) is 1.41. The molecule has 1 aliphatic rings. The molecule has 19 heavy (non-hydrogen) atoms. The fraction of sp³-hybridized carbons (Fsp3) is 0.500. The van der Waals surface area contributed by atoms with E-state index in [1.165, 1.54) is 19.6 Å². The number of rotatable bonds is 4. The molecule has 1 aliphatic carbocycles. The summed E-state index contributed by atoms with van der Waals surface area (Å²) in [6.45, 7) is 0. The number of aromatic carboxylic acids is 1. The number of hydrogen-bond acceptors (Lipinski definition) is 3. The molecule has 0 spiro atoms. The van der Waals surface area contributed by atoms with Crippen LogP contribution in [0.25, 0.3) is 0 Å². The predicted molar refractivity (Wildman–Crippen MR) is 67.4 cm³/mol. The molecule has 0 radical (unpaired) electrons. The summed E-state index contributed by atoms with van der Waals surface area (Å²) in [5.74, 6) is -1.60. The molecule has 1 aromatic carbocycles. The van der Waals surface area contributed by atoms with E-state index in [1.807, 2.05) is 0 Å². The maximum atomic E-state index is 13.5. The molecular formula is C14H17FO4. The van der Waals surface area contributed by atoms with Gasteiger partial charge in [-0.15, -0.1) is 0 Å². The first kappa shape index (κ1) is 13.6. The third kappa shape index (κ3) is 3.16. The largest absolute Gasteiger partial charge is 0.493 e. The van der Waals surface area contributed by atoms with Crippen LogP contribution in [0.4, 0.5) is 4.39 Å². The van der Waals surface area contributed by atoms with Crippen molar-refractivity contribution in [1.29, 1.82) is 0 Å². The van der Waals surface area contributed by atoms with Crippen LogP contribution in [0.15, 0.2) is 12.1 Å². The lowest BCUT2D eigenvalue weighted by molar-refractivity contribution is 0.0690. The summed E-state index contributed by atoms with van der Waals surface area (Å²) < 4.78 is 24.3. The van der Waals surface area contributed by atoms with E-state index in [-0.39, 0.29) is 11.9 Å². The highest BCUT2D eigenvalue weighted by atomic mass is 19.1. The van der Waals surface area contributed by atoms with Crippen LogP contribution >= 0.6 is 0 Å². The van der Waals surface area contributed by atoms with E-state index in [2.05, 4.69) is 0 Å². The first-order valence-corrected chi connectivity index (χ1v) is 6.39. The van der Waals surface area contributed by atoms with Crippen molar-refractivity contribution in [2.75, 3.05) is 7.11 Å². The molecule has 0 unspecified atom stereocenters. The van der Waals surface area contributed by atoms with Gasteiger partial charge in [0.15, 0.2) is 11.5 Å². The van der Waals surface area contributed by atoms with Gasteiger partial charge in [0.2, 0.25) is 0 Å². The molecule has 0 atom stereocenters. The van der Waals surface area contributed by atoms with Crippen LogP contribution < -0.4 is 9.47 Å². The molecule has 1 aromatic rings. The number of carboxylic acid groups (broad SMARTS) is 1. The lowest BCUT2D eigenvalue weighted by Gasteiger charge is -2.24. The number of ether oxygens (including phenoxy) is 2. The van der Waals surface area contributed by atoms with Crippen molar-refractivity contribution in [3.63, 3.8) is 0 Å². The van der Waals surface area contributed by atoms with E-state index in [9.17, 15) is 9.18 Å². The molecule has 2 rings (SSSR count). The van der Waals surface area contributed by atoms with Gasteiger partial charge in [0.25, 0.3) is 0 Å². The predicted octanol–water partition coefficient (Wildman–Crippen LogP) is 3.24. The quantitative estimate of drug-likeness (QED) is 0.910. The summed E-state index contributed by atoms with van der Waals surface area (Å²) in [4.78, 5) is 10.9. The van der Waals surface area contributed by atoms with Crippen LogP contribution in [0.1, 0.15) is 42.5 Å². The minimum absolute atomic E-state index is 0.0507. The molecule has 0 aromatic heterocycles. The van der Waals surface area contributed by atoms with Crippen molar-refractivity contribution in [3.05, 3.63) is 23.5 Å². The zero-order chi connectivity index (χ0) is 13.8. The van der Waals surface area contributed by atoms with Gasteiger partial charge >= 0.3 is 5.97 Å². The van der Waals surface area contributed by atoms with Gasteiger partial charge in [-0.3, -0.25) is 0 Å². The highest BCUT2D eigenvalue weighted by molar-refractivity contribution is 5.88. The normalized spacial score (nSPS) is 16.1. The standard InChI is InChI=1S/C14H17FO4/c1-18-12-8-11(15)10(14(16)17)7-13(12)19-9-5-3-2-4-6-9/h7-9H,2-6H2,1H3,(H,16,17). The number of carbonyl (C=O) groups is 1. The highest BCUT2D eigenvalue weighted by Gasteiger charge is 2.20. The van der Waals surface area contributed by atoms with Gasteiger partial charge in [0.05, 0.1) is 18.8 Å². The number of hydrogen-bond donors (Lipinski definition) is 1. The highest BCUT2D eigenvalue weighted by Crippen LogP contribution is 2.33. The van der Waals surface area contributed by atoms with Gasteiger partial charge in [0, 0.05) is 12.1 Å². The van der Waals surface area contributed by atoms with Gasteiger partial charge < -0.3 is 14.6 Å². The van der Waals surface area contributed by atoms with Gasteiger partial charge in [0.1, 0.15) is 5.82 Å².